The van der Waals surface area contributed by atoms with Gasteiger partial charge in [0.2, 0.25) is 5.95 Å². The van der Waals surface area contributed by atoms with E-state index in [1.807, 2.05) is 0 Å². The van der Waals surface area contributed by atoms with Gasteiger partial charge in [0.25, 0.3) is 5.91 Å². The van der Waals surface area contributed by atoms with Gasteiger partial charge in [0.1, 0.15) is 0 Å². The number of hydrogen-bond acceptors (Lipinski definition) is 6. The molecule has 1 aromatic rings. The van der Waals surface area contributed by atoms with Crippen LogP contribution in [0.1, 0.15) is 86.7 Å². The maximum atomic E-state index is 13.5. The van der Waals surface area contributed by atoms with Crippen LogP contribution in [0.4, 0.5) is 5.95 Å². The summed E-state index contributed by atoms with van der Waals surface area (Å²) < 4.78 is 5.68. The minimum atomic E-state index is -0.479. The molecule has 2 N–H and O–H groups in total. The fourth-order valence-electron chi connectivity index (χ4n) is 7.67. The molecule has 4 bridgehead atoms. The second kappa shape index (κ2) is 7.94. The smallest absolute Gasteiger partial charge is 0.254 e. The highest BCUT2D eigenvalue weighted by Crippen LogP contribution is 2.55. The van der Waals surface area contributed by atoms with E-state index < -0.39 is 5.60 Å². The Morgan fingerprint density at radius 2 is 1.97 bits per heavy atom. The summed E-state index contributed by atoms with van der Waals surface area (Å²) in [7, 11) is 0. The van der Waals surface area contributed by atoms with Gasteiger partial charge in [-0.15, -0.1) is 0 Å². The molecule has 5 saturated carbocycles. The molecule has 2 heterocycles. The first kappa shape index (κ1) is 20.8. The van der Waals surface area contributed by atoms with Gasteiger partial charge < -0.3 is 20.1 Å². The summed E-state index contributed by atoms with van der Waals surface area (Å²) in [6, 6.07) is 0.176. The minimum Gasteiger partial charge on any atom is -0.390 e. The standard InChI is InChI=1S/C25H36N4O3/c1-15-14-29(6-7-32-15)24-26-13-20(22(28-24)17-4-2-3-5-17)23(30)27-21-18-8-16-9-19(21)12-25(31,10-16)11-18/h13,15-19,21,31H,2-12,14H2,1H3,(H,27,30)/t15-,16?,18?,19?,21?,25?/m0/s1. The lowest BCUT2D eigenvalue weighted by Crippen LogP contribution is -2.61. The summed E-state index contributed by atoms with van der Waals surface area (Å²) in [6.07, 6.45) is 11.5. The van der Waals surface area contributed by atoms with E-state index in [1.165, 1.54) is 12.8 Å². The Morgan fingerprint density at radius 1 is 1.22 bits per heavy atom. The normalized spacial score (nSPS) is 38.9. The highest BCUT2D eigenvalue weighted by atomic mass is 16.5. The molecule has 1 amide bonds. The lowest BCUT2D eigenvalue weighted by Gasteiger charge is -2.58. The zero-order valence-corrected chi connectivity index (χ0v) is 19.1. The van der Waals surface area contributed by atoms with E-state index in [-0.39, 0.29) is 18.1 Å². The highest BCUT2D eigenvalue weighted by Gasteiger charge is 2.55. The third-order valence-electron chi connectivity index (χ3n) is 8.85. The van der Waals surface area contributed by atoms with E-state index in [0.717, 1.165) is 69.7 Å². The first-order valence-corrected chi connectivity index (χ1v) is 12.7. The van der Waals surface area contributed by atoms with Crippen molar-refractivity contribution in [2.45, 2.75) is 88.4 Å². The van der Waals surface area contributed by atoms with Crippen LogP contribution in [0.3, 0.4) is 0 Å². The first-order valence-electron chi connectivity index (χ1n) is 12.7. The molecule has 7 rings (SSSR count). The van der Waals surface area contributed by atoms with Gasteiger partial charge in [0.05, 0.1) is 29.6 Å². The van der Waals surface area contributed by atoms with Crippen molar-refractivity contribution < 1.29 is 14.6 Å². The fraction of sp³-hybridized carbons (Fsp3) is 0.800. The van der Waals surface area contributed by atoms with Gasteiger partial charge in [0.15, 0.2) is 0 Å². The number of aliphatic hydroxyl groups is 1. The summed E-state index contributed by atoms with van der Waals surface area (Å²) >= 11 is 0. The van der Waals surface area contributed by atoms with Gasteiger partial charge in [-0.05, 0) is 69.6 Å². The van der Waals surface area contributed by atoms with Crippen LogP contribution in [0, 0.1) is 17.8 Å². The SMILES string of the molecule is C[C@H]1CN(c2ncc(C(=O)NC3C4CC5CC3CC(O)(C5)C4)c(C3CCCC3)n2)CCO1. The lowest BCUT2D eigenvalue weighted by atomic mass is 9.52. The molecular formula is C25H36N4O3. The van der Waals surface area contributed by atoms with Crippen LogP contribution in [-0.2, 0) is 4.74 Å². The topological polar surface area (TPSA) is 87.6 Å². The molecule has 1 saturated heterocycles. The molecule has 5 aliphatic carbocycles. The number of rotatable bonds is 4. The van der Waals surface area contributed by atoms with Crippen molar-refractivity contribution in [3.05, 3.63) is 17.5 Å². The molecular weight excluding hydrogens is 404 g/mol. The van der Waals surface area contributed by atoms with Crippen molar-refractivity contribution in [2.24, 2.45) is 17.8 Å². The Kier molecular flexibility index (Phi) is 5.17. The summed E-state index contributed by atoms with van der Waals surface area (Å²) in [5.74, 6) is 2.50. The van der Waals surface area contributed by atoms with E-state index in [4.69, 9.17) is 9.72 Å². The largest absolute Gasteiger partial charge is 0.390 e. The Morgan fingerprint density at radius 3 is 2.66 bits per heavy atom. The van der Waals surface area contributed by atoms with Crippen LogP contribution in [0.15, 0.2) is 6.20 Å². The van der Waals surface area contributed by atoms with Crippen molar-refractivity contribution in [3.63, 3.8) is 0 Å². The predicted octanol–water partition coefficient (Wildman–Crippen LogP) is 3.03. The Bertz CT molecular complexity index is 870. The number of hydrogen-bond donors (Lipinski definition) is 2. The van der Waals surface area contributed by atoms with Crippen LogP contribution in [-0.4, -0.2) is 58.4 Å². The average Bonchev–Trinajstić information content (AvgIpc) is 3.29. The van der Waals surface area contributed by atoms with E-state index in [2.05, 4.69) is 22.1 Å². The average molecular weight is 441 g/mol. The lowest BCUT2D eigenvalue weighted by molar-refractivity contribution is -0.136. The third kappa shape index (κ3) is 3.71. The summed E-state index contributed by atoms with van der Waals surface area (Å²) in [5, 5.41) is 14.3. The maximum Gasteiger partial charge on any atom is 0.254 e. The second-order valence-corrected chi connectivity index (χ2v) is 11.3. The summed E-state index contributed by atoms with van der Waals surface area (Å²) in [4.78, 5) is 25.4. The maximum absolute atomic E-state index is 13.5. The number of carbonyl (C=O) groups is 1. The number of morpholine rings is 1. The van der Waals surface area contributed by atoms with Crippen molar-refractivity contribution in [1.29, 1.82) is 0 Å². The van der Waals surface area contributed by atoms with E-state index in [0.29, 0.717) is 35.8 Å². The van der Waals surface area contributed by atoms with Crippen molar-refractivity contribution in [2.75, 3.05) is 24.6 Å². The van der Waals surface area contributed by atoms with E-state index in [1.54, 1.807) is 6.20 Å². The number of amides is 1. The van der Waals surface area contributed by atoms with Crippen LogP contribution < -0.4 is 10.2 Å². The van der Waals surface area contributed by atoms with Gasteiger partial charge in [0, 0.05) is 31.2 Å². The molecule has 6 aliphatic rings. The molecule has 0 radical (unpaired) electrons. The second-order valence-electron chi connectivity index (χ2n) is 11.3. The van der Waals surface area contributed by atoms with Gasteiger partial charge >= 0.3 is 0 Å². The number of nitrogens with zero attached hydrogens (tertiary/aromatic N) is 3. The number of anilines is 1. The van der Waals surface area contributed by atoms with Crippen LogP contribution >= 0.6 is 0 Å². The first-order chi connectivity index (χ1) is 15.5. The van der Waals surface area contributed by atoms with Crippen molar-refractivity contribution in [1.82, 2.24) is 15.3 Å². The van der Waals surface area contributed by atoms with Crippen LogP contribution in [0.5, 0.6) is 0 Å². The molecule has 174 valence electrons. The number of carbonyl (C=O) groups excluding carboxylic acids is 1. The third-order valence-corrected chi connectivity index (χ3v) is 8.85. The number of aromatic nitrogens is 2. The Hall–Kier alpha value is -1.73. The molecule has 3 atom stereocenters. The molecule has 32 heavy (non-hydrogen) atoms. The Balaban J connectivity index is 1.25. The van der Waals surface area contributed by atoms with Crippen LogP contribution in [0.2, 0.25) is 0 Å². The van der Waals surface area contributed by atoms with Gasteiger partial charge in [-0.25, -0.2) is 9.97 Å². The van der Waals surface area contributed by atoms with Gasteiger partial charge in [-0.3, -0.25) is 4.79 Å². The molecule has 0 spiro atoms. The van der Waals surface area contributed by atoms with Crippen LogP contribution in [0.25, 0.3) is 0 Å². The monoisotopic (exact) mass is 440 g/mol. The summed E-state index contributed by atoms with van der Waals surface area (Å²) in [5.41, 5.74) is 1.12. The highest BCUT2D eigenvalue weighted by molar-refractivity contribution is 5.95. The molecule has 6 fully saturated rings. The summed E-state index contributed by atoms with van der Waals surface area (Å²) in [6.45, 7) is 4.33. The van der Waals surface area contributed by atoms with Crippen molar-refractivity contribution in [3.8, 4) is 0 Å². The zero-order valence-electron chi connectivity index (χ0n) is 19.1. The molecule has 7 heteroatoms. The predicted molar refractivity (Wildman–Crippen MR) is 121 cm³/mol. The quantitative estimate of drug-likeness (QED) is 0.748. The number of nitrogens with one attached hydrogen (secondary N) is 1. The molecule has 2 unspecified atom stereocenters. The molecule has 1 aliphatic heterocycles. The van der Waals surface area contributed by atoms with E-state index >= 15 is 0 Å². The van der Waals surface area contributed by atoms with Gasteiger partial charge in [-0.1, -0.05) is 12.8 Å². The zero-order chi connectivity index (χ0) is 21.9. The van der Waals surface area contributed by atoms with E-state index in [9.17, 15) is 9.90 Å². The Labute approximate surface area is 190 Å². The minimum absolute atomic E-state index is 0.0155. The molecule has 1 aromatic heterocycles. The van der Waals surface area contributed by atoms with Gasteiger partial charge in [-0.2, -0.15) is 0 Å². The molecule has 0 aromatic carbocycles. The fourth-order valence-corrected chi connectivity index (χ4v) is 7.67. The van der Waals surface area contributed by atoms with Crippen molar-refractivity contribution >= 4 is 11.9 Å². The molecule has 7 nitrogen and oxygen atoms in total. The number of ether oxygens (including phenoxy) is 1.